The van der Waals surface area contributed by atoms with Crippen molar-refractivity contribution in [1.29, 1.82) is 0 Å². The van der Waals surface area contributed by atoms with E-state index < -0.39 is 0 Å². The Morgan fingerprint density at radius 3 is 2.87 bits per heavy atom. The second-order valence-electron chi connectivity index (χ2n) is 3.73. The Morgan fingerprint density at radius 1 is 1.47 bits per heavy atom. The molecule has 1 atom stereocenters. The molecule has 1 aliphatic rings. The molecule has 0 aromatic heterocycles. The van der Waals surface area contributed by atoms with Crippen molar-refractivity contribution in [2.45, 2.75) is 25.3 Å². The molecule has 4 heteroatoms. The molecule has 0 heterocycles. The van der Waals surface area contributed by atoms with Crippen LogP contribution in [0.25, 0.3) is 0 Å². The maximum atomic E-state index is 6.17. The quantitative estimate of drug-likeness (QED) is 0.678. The van der Waals surface area contributed by atoms with Crippen LogP contribution in [0.2, 0.25) is 5.02 Å². The predicted octanol–water partition coefficient (Wildman–Crippen LogP) is -1.03. The molecule has 0 fully saturated rings. The van der Waals surface area contributed by atoms with Crippen molar-refractivity contribution in [1.82, 2.24) is 0 Å². The van der Waals surface area contributed by atoms with Crippen LogP contribution >= 0.6 is 11.6 Å². The molecule has 2 rings (SSSR count). The number of ether oxygens (including phenoxy) is 1. The zero-order valence-electron chi connectivity index (χ0n) is 8.72. The van der Waals surface area contributed by atoms with Gasteiger partial charge >= 0.3 is 0 Å². The van der Waals surface area contributed by atoms with Crippen LogP contribution in [0.4, 0.5) is 0 Å². The van der Waals surface area contributed by atoms with Crippen molar-refractivity contribution in [2.24, 2.45) is 0 Å². The van der Waals surface area contributed by atoms with Crippen LogP contribution in [-0.2, 0) is 6.42 Å². The number of methoxy groups -OCH3 is 1. The summed E-state index contributed by atoms with van der Waals surface area (Å²) in [5.41, 5.74) is 6.58. The number of fused-ring (bicyclic) bond motifs is 1. The van der Waals surface area contributed by atoms with Gasteiger partial charge in [0.2, 0.25) is 0 Å². The van der Waals surface area contributed by atoms with E-state index in [0.29, 0.717) is 6.04 Å². The van der Waals surface area contributed by atoms with Gasteiger partial charge in [0, 0.05) is 17.5 Å². The Balaban J connectivity index is 0.00000112. The average Bonchev–Trinajstić information content (AvgIpc) is 2.18. The lowest BCUT2D eigenvalue weighted by Gasteiger charge is -2.22. The fourth-order valence-electron chi connectivity index (χ4n) is 2.18. The van der Waals surface area contributed by atoms with Crippen LogP contribution in [0.5, 0.6) is 5.75 Å². The van der Waals surface area contributed by atoms with E-state index in [1.807, 2.05) is 12.1 Å². The van der Waals surface area contributed by atoms with Gasteiger partial charge in [-0.25, -0.2) is 0 Å². The van der Waals surface area contributed by atoms with Gasteiger partial charge in [-0.1, -0.05) is 11.6 Å². The van der Waals surface area contributed by atoms with Crippen LogP contribution in [0.1, 0.15) is 30.0 Å². The van der Waals surface area contributed by atoms with E-state index >= 15 is 0 Å². The smallest absolute Gasteiger partial charge is 0.122 e. The summed E-state index contributed by atoms with van der Waals surface area (Å²) >= 11 is 6.17. The van der Waals surface area contributed by atoms with Crippen molar-refractivity contribution in [3.63, 3.8) is 0 Å². The minimum Gasteiger partial charge on any atom is -1.00 e. The van der Waals surface area contributed by atoms with Crippen molar-refractivity contribution in [3.8, 4) is 5.75 Å². The van der Waals surface area contributed by atoms with Gasteiger partial charge in [-0.2, -0.15) is 0 Å². The average molecular weight is 248 g/mol. The Kier molecular flexibility index (Phi) is 4.26. The molecule has 1 aliphatic carbocycles. The molecule has 0 radical (unpaired) electrons. The first-order valence-corrected chi connectivity index (χ1v) is 5.30. The second kappa shape index (κ2) is 5.06. The first kappa shape index (κ1) is 12.6. The van der Waals surface area contributed by atoms with Crippen LogP contribution in [0, 0.1) is 0 Å². The molecule has 0 spiro atoms. The van der Waals surface area contributed by atoms with Crippen molar-refractivity contribution in [2.75, 3.05) is 7.11 Å². The fraction of sp³-hybridized carbons (Fsp3) is 0.455. The Bertz CT molecular complexity index is 355. The second-order valence-corrected chi connectivity index (χ2v) is 4.14. The highest BCUT2D eigenvalue weighted by Crippen LogP contribution is 2.37. The van der Waals surface area contributed by atoms with Crippen LogP contribution < -0.4 is 22.9 Å². The summed E-state index contributed by atoms with van der Waals surface area (Å²) < 4.78 is 5.33. The van der Waals surface area contributed by atoms with E-state index in [2.05, 4.69) is 5.73 Å². The fourth-order valence-corrected chi connectivity index (χ4v) is 2.51. The first-order valence-electron chi connectivity index (χ1n) is 4.92. The van der Waals surface area contributed by atoms with Gasteiger partial charge in [0.1, 0.15) is 11.8 Å². The van der Waals surface area contributed by atoms with E-state index in [9.17, 15) is 0 Å². The highest BCUT2D eigenvalue weighted by molar-refractivity contribution is 6.31. The third-order valence-corrected chi connectivity index (χ3v) is 3.20. The lowest BCUT2D eigenvalue weighted by molar-refractivity contribution is -0.429. The summed E-state index contributed by atoms with van der Waals surface area (Å²) in [5.74, 6) is 0.956. The number of benzene rings is 1. The largest absolute Gasteiger partial charge is 1.00 e. The molecule has 0 amide bonds. The number of halogens is 2. The maximum Gasteiger partial charge on any atom is 0.122 e. The van der Waals surface area contributed by atoms with Gasteiger partial charge in [-0.05, 0) is 25.0 Å². The number of rotatable bonds is 1. The normalized spacial score (nSPS) is 19.0. The van der Waals surface area contributed by atoms with Crippen LogP contribution in [0.15, 0.2) is 12.1 Å². The van der Waals surface area contributed by atoms with Gasteiger partial charge in [0.15, 0.2) is 0 Å². The molecule has 0 saturated carbocycles. The molecule has 0 aliphatic heterocycles. The van der Waals surface area contributed by atoms with Crippen molar-refractivity contribution >= 4 is 11.6 Å². The summed E-state index contributed by atoms with van der Waals surface area (Å²) in [6.07, 6.45) is 3.36. The standard InChI is InChI=1S/C11H14ClNO.ClH/c1-14-10-6-5-8(12)11-7(10)3-2-4-9(11)13;/h5-6,9H,2-4,13H2,1H3;1H. The number of quaternary nitrogens is 1. The van der Waals surface area contributed by atoms with Gasteiger partial charge < -0.3 is 22.9 Å². The maximum absolute atomic E-state index is 6.17. The molecule has 3 N–H and O–H groups in total. The Morgan fingerprint density at radius 2 is 2.20 bits per heavy atom. The van der Waals surface area contributed by atoms with Gasteiger partial charge in [-0.15, -0.1) is 0 Å². The monoisotopic (exact) mass is 247 g/mol. The number of hydrogen-bond acceptors (Lipinski definition) is 1. The molecule has 84 valence electrons. The van der Waals surface area contributed by atoms with Crippen LogP contribution in [0.3, 0.4) is 0 Å². The van der Waals surface area contributed by atoms with Crippen LogP contribution in [-0.4, -0.2) is 7.11 Å². The summed E-state index contributed by atoms with van der Waals surface area (Å²) in [6, 6.07) is 4.17. The van der Waals surface area contributed by atoms with Gasteiger partial charge in [0.25, 0.3) is 0 Å². The molecule has 0 bridgehead atoms. The molecule has 0 saturated heterocycles. The highest BCUT2D eigenvalue weighted by atomic mass is 35.5. The third kappa shape index (κ3) is 2.22. The van der Waals surface area contributed by atoms with Crippen molar-refractivity contribution < 1.29 is 22.9 Å². The minimum absolute atomic E-state index is 0. The molecule has 2 nitrogen and oxygen atoms in total. The molecular formula is C11H15Cl2NO. The molecule has 15 heavy (non-hydrogen) atoms. The summed E-state index contributed by atoms with van der Waals surface area (Å²) in [5, 5.41) is 0.834. The topological polar surface area (TPSA) is 36.9 Å². The highest BCUT2D eigenvalue weighted by Gasteiger charge is 2.25. The zero-order chi connectivity index (χ0) is 10.1. The molecular weight excluding hydrogens is 233 g/mol. The first-order chi connectivity index (χ1) is 6.74. The van der Waals surface area contributed by atoms with E-state index in [-0.39, 0.29) is 12.4 Å². The molecule has 1 unspecified atom stereocenters. The minimum atomic E-state index is 0. The summed E-state index contributed by atoms with van der Waals surface area (Å²) in [4.78, 5) is 0. The van der Waals surface area contributed by atoms with E-state index in [1.54, 1.807) is 7.11 Å². The van der Waals surface area contributed by atoms with Gasteiger partial charge in [-0.3, -0.25) is 0 Å². The SMILES string of the molecule is COc1ccc(Cl)c2c1CCCC2[NH3+].[Cl-]. The number of hydrogen-bond donors (Lipinski definition) is 1. The predicted molar refractivity (Wildman–Crippen MR) is 56.6 cm³/mol. The molecule has 1 aromatic rings. The van der Waals surface area contributed by atoms with E-state index in [1.165, 1.54) is 17.5 Å². The Hall–Kier alpha value is -0.440. The zero-order valence-corrected chi connectivity index (χ0v) is 10.2. The van der Waals surface area contributed by atoms with E-state index in [4.69, 9.17) is 16.3 Å². The molecule has 1 aromatic carbocycles. The summed E-state index contributed by atoms with van der Waals surface area (Å²) in [6.45, 7) is 0. The van der Waals surface area contributed by atoms with E-state index in [0.717, 1.165) is 23.6 Å². The lowest BCUT2D eigenvalue weighted by atomic mass is 9.87. The third-order valence-electron chi connectivity index (χ3n) is 2.87. The van der Waals surface area contributed by atoms with Crippen molar-refractivity contribution in [3.05, 3.63) is 28.3 Å². The lowest BCUT2D eigenvalue weighted by Crippen LogP contribution is -3.00. The Labute approximate surface area is 101 Å². The van der Waals surface area contributed by atoms with Gasteiger partial charge in [0.05, 0.1) is 12.1 Å². The summed E-state index contributed by atoms with van der Waals surface area (Å²) in [7, 11) is 1.70.